The first-order valence-electron chi connectivity index (χ1n) is 9.47. The summed E-state index contributed by atoms with van der Waals surface area (Å²) in [5, 5.41) is 2.74. The van der Waals surface area contributed by atoms with E-state index in [2.05, 4.69) is 10.2 Å². The monoisotopic (exact) mass is 377 g/mol. The van der Waals surface area contributed by atoms with E-state index in [9.17, 15) is 9.59 Å². The number of methoxy groups -OCH3 is 2. The summed E-state index contributed by atoms with van der Waals surface area (Å²) in [6.07, 6.45) is 3.28. The van der Waals surface area contributed by atoms with Crippen LogP contribution in [-0.4, -0.2) is 81.9 Å². The minimum Gasteiger partial charge on any atom is -0.354 e. The summed E-state index contributed by atoms with van der Waals surface area (Å²) in [6, 6.07) is 6.78. The lowest BCUT2D eigenvalue weighted by Gasteiger charge is -2.28. The first kappa shape index (κ1) is 21.3. The van der Waals surface area contributed by atoms with Gasteiger partial charge in [0.25, 0.3) is 11.8 Å². The van der Waals surface area contributed by atoms with E-state index in [1.807, 2.05) is 0 Å². The van der Waals surface area contributed by atoms with Crippen LogP contribution in [0.5, 0.6) is 0 Å². The van der Waals surface area contributed by atoms with E-state index in [0.717, 1.165) is 19.6 Å². The van der Waals surface area contributed by atoms with Crippen LogP contribution in [-0.2, 0) is 9.47 Å². The topological polar surface area (TPSA) is 71.1 Å². The Morgan fingerprint density at radius 3 is 2.48 bits per heavy atom. The molecule has 150 valence electrons. The third-order valence-electron chi connectivity index (χ3n) is 4.87. The molecule has 1 aromatic carbocycles. The largest absolute Gasteiger partial charge is 0.354 e. The van der Waals surface area contributed by atoms with Crippen molar-refractivity contribution in [3.05, 3.63) is 35.4 Å². The third kappa shape index (κ3) is 6.61. The molecule has 2 rings (SSSR count). The molecule has 27 heavy (non-hydrogen) atoms. The fourth-order valence-electron chi connectivity index (χ4n) is 3.13. The van der Waals surface area contributed by atoms with Crippen molar-refractivity contribution < 1.29 is 19.1 Å². The highest BCUT2D eigenvalue weighted by atomic mass is 16.7. The first-order chi connectivity index (χ1) is 13.0. The van der Waals surface area contributed by atoms with E-state index in [-0.39, 0.29) is 18.4 Å². The Balaban J connectivity index is 1.90. The van der Waals surface area contributed by atoms with Crippen LogP contribution in [0.4, 0.5) is 0 Å². The van der Waals surface area contributed by atoms with E-state index < -0.39 is 6.29 Å². The summed E-state index contributed by atoms with van der Waals surface area (Å²) in [5.41, 5.74) is 0.954. The summed E-state index contributed by atoms with van der Waals surface area (Å²) >= 11 is 0. The van der Waals surface area contributed by atoms with Gasteiger partial charge in [-0.25, -0.2) is 0 Å². The second-order valence-electron chi connectivity index (χ2n) is 6.82. The van der Waals surface area contributed by atoms with Gasteiger partial charge in [0.05, 0.1) is 6.54 Å². The molecule has 1 fully saturated rings. The van der Waals surface area contributed by atoms with Crippen molar-refractivity contribution in [2.75, 3.05) is 54.0 Å². The van der Waals surface area contributed by atoms with E-state index in [4.69, 9.17) is 9.47 Å². The summed E-state index contributed by atoms with van der Waals surface area (Å²) in [4.78, 5) is 29.1. The van der Waals surface area contributed by atoms with E-state index in [1.165, 1.54) is 33.5 Å². The molecule has 1 aliphatic heterocycles. The fourth-order valence-corrected chi connectivity index (χ4v) is 3.13. The number of rotatable bonds is 9. The molecule has 1 saturated heterocycles. The van der Waals surface area contributed by atoms with E-state index in [0.29, 0.717) is 17.7 Å². The Labute approximate surface area is 161 Å². The van der Waals surface area contributed by atoms with Crippen LogP contribution < -0.4 is 5.32 Å². The molecule has 1 heterocycles. The average Bonchev–Trinajstić information content (AvgIpc) is 2.72. The van der Waals surface area contributed by atoms with Crippen molar-refractivity contribution in [2.45, 2.75) is 25.6 Å². The standard InChI is InChI=1S/C20H31N3O4/c1-22(12-13-23-10-5-4-6-11-23)20(25)17-9-7-8-16(14-17)19(24)21-15-18(26-2)27-3/h7-9,14,18H,4-6,10-13,15H2,1-3H3,(H,21,24). The Bertz CT molecular complexity index is 613. The Morgan fingerprint density at radius 1 is 1.15 bits per heavy atom. The van der Waals surface area contributed by atoms with Crippen LogP contribution in [0.25, 0.3) is 0 Å². The van der Waals surface area contributed by atoms with E-state index in [1.54, 1.807) is 36.2 Å². The van der Waals surface area contributed by atoms with Crippen molar-refractivity contribution in [3.63, 3.8) is 0 Å². The number of benzene rings is 1. The Hall–Kier alpha value is -1.96. The molecular weight excluding hydrogens is 346 g/mol. The Kier molecular flexibility index (Phi) is 8.71. The molecular formula is C20H31N3O4. The van der Waals surface area contributed by atoms with Gasteiger partial charge in [-0.1, -0.05) is 12.5 Å². The van der Waals surface area contributed by atoms with Crippen molar-refractivity contribution in [1.29, 1.82) is 0 Å². The molecule has 1 aliphatic rings. The van der Waals surface area contributed by atoms with Gasteiger partial charge in [-0.15, -0.1) is 0 Å². The summed E-state index contributed by atoms with van der Waals surface area (Å²) in [5.74, 6) is -0.340. The highest BCUT2D eigenvalue weighted by Crippen LogP contribution is 2.10. The van der Waals surface area contributed by atoms with Gasteiger partial charge in [0.1, 0.15) is 0 Å². The molecule has 0 saturated carbocycles. The number of carbonyl (C=O) groups is 2. The highest BCUT2D eigenvalue weighted by Gasteiger charge is 2.17. The molecule has 0 spiro atoms. The van der Waals surface area contributed by atoms with Crippen molar-refractivity contribution in [3.8, 4) is 0 Å². The van der Waals surface area contributed by atoms with Crippen LogP contribution in [0.3, 0.4) is 0 Å². The summed E-state index contributed by atoms with van der Waals surface area (Å²) in [7, 11) is 4.83. The second kappa shape index (κ2) is 11.0. The maximum absolute atomic E-state index is 12.7. The molecule has 2 amide bonds. The van der Waals surface area contributed by atoms with Crippen molar-refractivity contribution in [1.82, 2.24) is 15.1 Å². The van der Waals surface area contributed by atoms with Gasteiger partial charge in [-0.05, 0) is 44.1 Å². The van der Waals surface area contributed by atoms with Crippen molar-refractivity contribution in [2.24, 2.45) is 0 Å². The molecule has 7 nitrogen and oxygen atoms in total. The number of piperidine rings is 1. The maximum atomic E-state index is 12.7. The molecule has 1 aromatic rings. The zero-order valence-corrected chi connectivity index (χ0v) is 16.6. The minimum atomic E-state index is -0.500. The molecule has 0 aliphatic carbocycles. The third-order valence-corrected chi connectivity index (χ3v) is 4.87. The number of likely N-dealkylation sites (N-methyl/N-ethyl adjacent to an activating group) is 1. The number of likely N-dealkylation sites (tertiary alicyclic amines) is 1. The molecule has 0 unspecified atom stereocenters. The number of nitrogens with zero attached hydrogens (tertiary/aromatic N) is 2. The van der Waals surface area contributed by atoms with Gasteiger partial charge in [-0.3, -0.25) is 9.59 Å². The van der Waals surface area contributed by atoms with Crippen LogP contribution >= 0.6 is 0 Å². The smallest absolute Gasteiger partial charge is 0.253 e. The van der Waals surface area contributed by atoms with Crippen LogP contribution in [0.2, 0.25) is 0 Å². The summed E-state index contributed by atoms with van der Waals surface area (Å²) in [6.45, 7) is 4.03. The number of carbonyl (C=O) groups excluding carboxylic acids is 2. The average molecular weight is 377 g/mol. The Morgan fingerprint density at radius 2 is 1.81 bits per heavy atom. The SMILES string of the molecule is COC(CNC(=O)c1cccc(C(=O)N(C)CCN2CCCCC2)c1)OC. The van der Waals surface area contributed by atoms with Gasteiger partial charge in [0, 0.05) is 45.5 Å². The predicted octanol–water partition coefficient (Wildman–Crippen LogP) is 1.59. The molecule has 0 radical (unpaired) electrons. The summed E-state index contributed by atoms with van der Waals surface area (Å²) < 4.78 is 10.1. The molecule has 7 heteroatoms. The van der Waals surface area contributed by atoms with Gasteiger partial charge >= 0.3 is 0 Å². The predicted molar refractivity (Wildman–Crippen MR) is 104 cm³/mol. The van der Waals surface area contributed by atoms with Gasteiger partial charge < -0.3 is 24.6 Å². The zero-order valence-electron chi connectivity index (χ0n) is 16.6. The number of ether oxygens (including phenoxy) is 2. The second-order valence-corrected chi connectivity index (χ2v) is 6.82. The number of hydrogen-bond donors (Lipinski definition) is 1. The molecule has 0 bridgehead atoms. The van der Waals surface area contributed by atoms with Crippen LogP contribution in [0.1, 0.15) is 40.0 Å². The van der Waals surface area contributed by atoms with E-state index >= 15 is 0 Å². The van der Waals surface area contributed by atoms with Gasteiger partial charge in [-0.2, -0.15) is 0 Å². The number of hydrogen-bond acceptors (Lipinski definition) is 5. The van der Waals surface area contributed by atoms with Gasteiger partial charge in [0.2, 0.25) is 0 Å². The molecule has 1 N–H and O–H groups in total. The quantitative estimate of drug-likeness (QED) is 0.662. The minimum absolute atomic E-state index is 0.0756. The number of nitrogens with one attached hydrogen (secondary N) is 1. The lowest BCUT2D eigenvalue weighted by atomic mass is 10.1. The van der Waals surface area contributed by atoms with Crippen LogP contribution in [0.15, 0.2) is 24.3 Å². The van der Waals surface area contributed by atoms with Crippen LogP contribution in [0, 0.1) is 0 Å². The zero-order chi connectivity index (χ0) is 19.6. The highest BCUT2D eigenvalue weighted by molar-refractivity contribution is 5.99. The van der Waals surface area contributed by atoms with Crippen molar-refractivity contribution >= 4 is 11.8 Å². The first-order valence-corrected chi connectivity index (χ1v) is 9.47. The maximum Gasteiger partial charge on any atom is 0.253 e. The lowest BCUT2D eigenvalue weighted by Crippen LogP contribution is -2.38. The number of amides is 2. The van der Waals surface area contributed by atoms with Gasteiger partial charge in [0.15, 0.2) is 6.29 Å². The normalized spacial score (nSPS) is 15.0. The molecule has 0 aromatic heterocycles. The molecule has 0 atom stereocenters. The fraction of sp³-hybridized carbons (Fsp3) is 0.600. The lowest BCUT2D eigenvalue weighted by molar-refractivity contribution is -0.0974.